The predicted octanol–water partition coefficient (Wildman–Crippen LogP) is 6.86. The average molecular weight is 462 g/mol. The Balaban J connectivity index is 1.64. The molecule has 1 aromatic heterocycles. The van der Waals surface area contributed by atoms with Gasteiger partial charge < -0.3 is 9.30 Å². The summed E-state index contributed by atoms with van der Waals surface area (Å²) in [7, 11) is 0. The summed E-state index contributed by atoms with van der Waals surface area (Å²) >= 11 is 10.2. The van der Waals surface area contributed by atoms with E-state index < -0.39 is 5.41 Å². The first-order chi connectivity index (χ1) is 15.5. The molecular weight excluding hydrogens is 438 g/mol. The fourth-order valence-electron chi connectivity index (χ4n) is 4.88. The SMILES string of the molecule is CC1(C)/C(=C/c2ccc3c(c2)c2ccccc2n3CCCl)C(=O)c2ccc(OCS)cc21. The minimum Gasteiger partial charge on any atom is -0.483 e. The number of carbonyl (C=O) groups excluding carboxylic acids is 1. The summed E-state index contributed by atoms with van der Waals surface area (Å²) in [5.74, 6) is 1.66. The van der Waals surface area contributed by atoms with Crippen LogP contribution in [0, 0.1) is 0 Å². The van der Waals surface area contributed by atoms with Crippen LogP contribution in [0.2, 0.25) is 0 Å². The molecule has 0 aliphatic heterocycles. The van der Waals surface area contributed by atoms with E-state index in [1.165, 1.54) is 16.3 Å². The van der Waals surface area contributed by atoms with E-state index in [0.29, 0.717) is 11.8 Å². The number of carbonyl (C=O) groups is 1. The van der Waals surface area contributed by atoms with Crippen molar-refractivity contribution in [1.82, 2.24) is 4.57 Å². The van der Waals surface area contributed by atoms with Gasteiger partial charge in [0.2, 0.25) is 0 Å². The number of thiol groups is 1. The van der Waals surface area contributed by atoms with Crippen molar-refractivity contribution >= 4 is 57.9 Å². The Morgan fingerprint density at radius 3 is 2.59 bits per heavy atom. The molecule has 0 bridgehead atoms. The monoisotopic (exact) mass is 461 g/mol. The lowest BCUT2D eigenvalue weighted by Crippen LogP contribution is -2.17. The second kappa shape index (κ2) is 8.02. The Bertz CT molecular complexity index is 1400. The van der Waals surface area contributed by atoms with Gasteiger partial charge in [-0.15, -0.1) is 24.2 Å². The van der Waals surface area contributed by atoms with Gasteiger partial charge >= 0.3 is 0 Å². The normalized spacial score (nSPS) is 16.2. The van der Waals surface area contributed by atoms with Crippen molar-refractivity contribution in [3.8, 4) is 5.75 Å². The van der Waals surface area contributed by atoms with Crippen LogP contribution in [0.5, 0.6) is 5.75 Å². The molecule has 1 heterocycles. The fraction of sp³-hybridized carbons (Fsp3) is 0.222. The predicted molar refractivity (Wildman–Crippen MR) is 136 cm³/mol. The van der Waals surface area contributed by atoms with Crippen LogP contribution in [0.3, 0.4) is 0 Å². The van der Waals surface area contributed by atoms with E-state index in [-0.39, 0.29) is 5.78 Å². The highest BCUT2D eigenvalue weighted by Gasteiger charge is 2.41. The van der Waals surface area contributed by atoms with Crippen molar-refractivity contribution in [2.75, 3.05) is 11.8 Å². The van der Waals surface area contributed by atoms with Gasteiger partial charge in [0, 0.05) is 50.8 Å². The highest BCUT2D eigenvalue weighted by molar-refractivity contribution is 7.80. The van der Waals surface area contributed by atoms with E-state index in [9.17, 15) is 4.79 Å². The first kappa shape index (κ1) is 21.2. The smallest absolute Gasteiger partial charge is 0.190 e. The molecule has 32 heavy (non-hydrogen) atoms. The summed E-state index contributed by atoms with van der Waals surface area (Å²) in [5.41, 5.74) is 5.46. The minimum absolute atomic E-state index is 0.0760. The number of ether oxygens (including phenoxy) is 1. The molecule has 0 saturated carbocycles. The number of rotatable bonds is 5. The minimum atomic E-state index is -0.413. The van der Waals surface area contributed by atoms with Gasteiger partial charge in [-0.2, -0.15) is 0 Å². The molecule has 5 rings (SSSR count). The topological polar surface area (TPSA) is 31.2 Å². The summed E-state index contributed by atoms with van der Waals surface area (Å²) in [6.07, 6.45) is 2.04. The average Bonchev–Trinajstić information content (AvgIpc) is 3.19. The third-order valence-electron chi connectivity index (χ3n) is 6.47. The summed E-state index contributed by atoms with van der Waals surface area (Å²) in [4.78, 5) is 13.3. The molecule has 5 heteroatoms. The Morgan fingerprint density at radius 1 is 1.03 bits per heavy atom. The molecule has 3 nitrogen and oxygen atoms in total. The van der Waals surface area contributed by atoms with E-state index in [0.717, 1.165) is 40.1 Å². The first-order valence-electron chi connectivity index (χ1n) is 10.7. The van der Waals surface area contributed by atoms with Crippen molar-refractivity contribution in [3.63, 3.8) is 0 Å². The number of nitrogens with zero attached hydrogens (tertiary/aromatic N) is 1. The number of ketones is 1. The second-order valence-electron chi connectivity index (χ2n) is 8.63. The first-order valence-corrected chi connectivity index (χ1v) is 11.8. The van der Waals surface area contributed by atoms with E-state index in [2.05, 4.69) is 73.5 Å². The van der Waals surface area contributed by atoms with Crippen LogP contribution in [0.15, 0.2) is 66.2 Å². The highest BCUT2D eigenvalue weighted by atomic mass is 35.5. The lowest BCUT2D eigenvalue weighted by atomic mass is 9.82. The molecule has 0 amide bonds. The summed E-state index contributed by atoms with van der Waals surface area (Å²) in [6.45, 7) is 4.94. The summed E-state index contributed by atoms with van der Waals surface area (Å²) in [6, 6.07) is 20.4. The van der Waals surface area contributed by atoms with Crippen molar-refractivity contribution in [1.29, 1.82) is 0 Å². The molecule has 0 spiro atoms. The van der Waals surface area contributed by atoms with Crippen LogP contribution in [-0.2, 0) is 12.0 Å². The Labute approximate surface area is 198 Å². The van der Waals surface area contributed by atoms with Crippen LogP contribution < -0.4 is 4.74 Å². The van der Waals surface area contributed by atoms with Gasteiger partial charge in [-0.1, -0.05) is 38.1 Å². The van der Waals surface area contributed by atoms with Gasteiger partial charge in [0.25, 0.3) is 0 Å². The molecule has 1 aliphatic carbocycles. The van der Waals surface area contributed by atoms with E-state index in [4.69, 9.17) is 16.3 Å². The number of fused-ring (bicyclic) bond motifs is 4. The molecule has 1 aliphatic rings. The standard InChI is InChI=1S/C27H24ClNO2S/c1-27(2)22-15-18(31-16-32)8-9-20(22)26(30)23(27)14-17-7-10-25-21(13-17)19-5-3-4-6-24(19)29(25)12-11-28/h3-10,13-15,32H,11-12,16H2,1-2H3/b23-14+. The molecular formula is C27H24ClNO2S. The number of benzene rings is 3. The Morgan fingerprint density at radius 2 is 1.81 bits per heavy atom. The number of halogens is 1. The third kappa shape index (κ3) is 3.25. The highest BCUT2D eigenvalue weighted by Crippen LogP contribution is 2.45. The van der Waals surface area contributed by atoms with Crippen LogP contribution in [-0.4, -0.2) is 22.2 Å². The van der Waals surface area contributed by atoms with Crippen LogP contribution >= 0.6 is 24.2 Å². The summed E-state index contributed by atoms with van der Waals surface area (Å²) in [5, 5.41) is 2.37. The number of allylic oxidation sites excluding steroid dienone is 1. The van der Waals surface area contributed by atoms with Gasteiger partial charge in [-0.05, 0) is 53.6 Å². The second-order valence-corrected chi connectivity index (χ2v) is 9.26. The largest absolute Gasteiger partial charge is 0.483 e. The molecule has 0 atom stereocenters. The summed E-state index contributed by atoms with van der Waals surface area (Å²) < 4.78 is 7.81. The Kier molecular flexibility index (Phi) is 5.31. The van der Waals surface area contributed by atoms with Crippen LogP contribution in [0.1, 0.15) is 35.3 Å². The zero-order valence-electron chi connectivity index (χ0n) is 18.1. The van der Waals surface area contributed by atoms with Gasteiger partial charge in [0.15, 0.2) is 5.78 Å². The number of Topliss-reactive ketones (excluding diaryl/α,β-unsaturated/α-hetero) is 1. The number of alkyl halides is 1. The van der Waals surface area contributed by atoms with E-state index in [1.807, 2.05) is 24.3 Å². The van der Waals surface area contributed by atoms with Gasteiger partial charge in [0.05, 0.1) is 0 Å². The third-order valence-corrected chi connectivity index (χ3v) is 6.77. The van der Waals surface area contributed by atoms with Gasteiger partial charge in [-0.3, -0.25) is 4.79 Å². The maximum atomic E-state index is 13.3. The number of hydrogen-bond donors (Lipinski definition) is 1. The number of hydrogen-bond acceptors (Lipinski definition) is 3. The molecule has 0 N–H and O–H groups in total. The zero-order valence-corrected chi connectivity index (χ0v) is 19.7. The van der Waals surface area contributed by atoms with Crippen molar-refractivity contribution in [3.05, 3.63) is 82.9 Å². The Hall–Kier alpha value is -2.69. The van der Waals surface area contributed by atoms with Gasteiger partial charge in [0.1, 0.15) is 11.7 Å². The zero-order chi connectivity index (χ0) is 22.5. The quantitative estimate of drug-likeness (QED) is 0.152. The fourth-order valence-corrected chi connectivity index (χ4v) is 5.19. The molecule has 4 aromatic rings. The van der Waals surface area contributed by atoms with Crippen LogP contribution in [0.25, 0.3) is 27.9 Å². The molecule has 162 valence electrons. The number of aryl methyl sites for hydroxylation is 1. The molecule has 0 unspecified atom stereocenters. The van der Waals surface area contributed by atoms with Crippen molar-refractivity contribution in [2.45, 2.75) is 25.8 Å². The van der Waals surface area contributed by atoms with Crippen molar-refractivity contribution < 1.29 is 9.53 Å². The molecule has 0 fully saturated rings. The van der Waals surface area contributed by atoms with E-state index in [1.54, 1.807) is 0 Å². The van der Waals surface area contributed by atoms with Gasteiger partial charge in [-0.25, -0.2) is 0 Å². The molecule has 0 saturated heterocycles. The number of aromatic nitrogens is 1. The lowest BCUT2D eigenvalue weighted by molar-refractivity contribution is 0.103. The molecule has 0 radical (unpaired) electrons. The number of para-hydroxylation sites is 1. The van der Waals surface area contributed by atoms with Crippen molar-refractivity contribution in [2.24, 2.45) is 0 Å². The van der Waals surface area contributed by atoms with E-state index >= 15 is 0 Å². The maximum absolute atomic E-state index is 13.3. The lowest BCUT2D eigenvalue weighted by Gasteiger charge is -2.21. The maximum Gasteiger partial charge on any atom is 0.190 e. The van der Waals surface area contributed by atoms with Crippen LogP contribution in [0.4, 0.5) is 0 Å². The molecule has 3 aromatic carbocycles.